The Balaban J connectivity index is 1.56. The van der Waals surface area contributed by atoms with Crippen LogP contribution in [0.15, 0.2) is 33.5 Å². The summed E-state index contributed by atoms with van der Waals surface area (Å²) in [6.07, 6.45) is -0.644. The fourth-order valence-corrected chi connectivity index (χ4v) is 3.58. The van der Waals surface area contributed by atoms with Crippen LogP contribution in [0.1, 0.15) is 26.3 Å². The van der Waals surface area contributed by atoms with Crippen molar-refractivity contribution in [3.8, 4) is 5.75 Å². The average Bonchev–Trinajstić information content (AvgIpc) is 2.67. The van der Waals surface area contributed by atoms with Crippen LogP contribution in [0.3, 0.4) is 0 Å². The number of piperazine rings is 1. The molecule has 1 saturated heterocycles. The number of nitrogens with zero attached hydrogens (tertiary/aromatic N) is 2. The van der Waals surface area contributed by atoms with Crippen molar-refractivity contribution in [2.24, 2.45) is 0 Å². The van der Waals surface area contributed by atoms with Gasteiger partial charge in [0.15, 0.2) is 6.10 Å². The first kappa shape index (κ1) is 21.8. The summed E-state index contributed by atoms with van der Waals surface area (Å²) in [5, 5.41) is 3.66. The number of fused-ring (bicyclic) bond motifs is 1. The van der Waals surface area contributed by atoms with Gasteiger partial charge in [0.1, 0.15) is 11.3 Å². The van der Waals surface area contributed by atoms with E-state index in [4.69, 9.17) is 9.15 Å². The smallest absolute Gasteiger partial charge is 0.336 e. The van der Waals surface area contributed by atoms with Crippen LogP contribution in [0.5, 0.6) is 5.75 Å². The molecule has 1 aromatic carbocycles. The lowest BCUT2D eigenvalue weighted by atomic mass is 10.1. The zero-order valence-electron chi connectivity index (χ0n) is 17.9. The highest BCUT2D eigenvalue weighted by atomic mass is 16.5. The molecule has 0 radical (unpaired) electrons. The van der Waals surface area contributed by atoms with Crippen molar-refractivity contribution >= 4 is 22.8 Å². The molecule has 1 aliphatic heterocycles. The zero-order valence-corrected chi connectivity index (χ0v) is 17.9. The van der Waals surface area contributed by atoms with E-state index in [0.717, 1.165) is 10.9 Å². The van der Waals surface area contributed by atoms with Crippen molar-refractivity contribution in [2.75, 3.05) is 32.7 Å². The van der Waals surface area contributed by atoms with Gasteiger partial charge < -0.3 is 19.4 Å². The molecule has 0 bridgehead atoms. The number of aryl methyl sites for hydroxylation is 1. The van der Waals surface area contributed by atoms with Gasteiger partial charge in [-0.3, -0.25) is 14.5 Å². The molecule has 1 fully saturated rings. The van der Waals surface area contributed by atoms with E-state index in [2.05, 4.69) is 5.32 Å². The summed E-state index contributed by atoms with van der Waals surface area (Å²) in [7, 11) is 0. The molecule has 0 aliphatic carbocycles. The topological polar surface area (TPSA) is 92.1 Å². The van der Waals surface area contributed by atoms with Crippen LogP contribution in [0.4, 0.5) is 0 Å². The fourth-order valence-electron chi connectivity index (χ4n) is 3.58. The molecule has 0 spiro atoms. The molecular weight excluding hydrogens is 386 g/mol. The number of nitrogens with one attached hydrogen (secondary N) is 1. The second kappa shape index (κ2) is 9.30. The van der Waals surface area contributed by atoms with Crippen LogP contribution in [0, 0.1) is 6.92 Å². The number of ether oxygens (including phenoxy) is 1. The normalized spacial score (nSPS) is 16.0. The van der Waals surface area contributed by atoms with E-state index < -0.39 is 11.7 Å². The molecule has 2 heterocycles. The Labute approximate surface area is 175 Å². The van der Waals surface area contributed by atoms with Gasteiger partial charge in [0, 0.05) is 43.7 Å². The first-order valence-electron chi connectivity index (χ1n) is 10.2. The number of amides is 2. The maximum absolute atomic E-state index is 12.8. The van der Waals surface area contributed by atoms with E-state index in [0.29, 0.717) is 44.1 Å². The Kier molecular flexibility index (Phi) is 6.77. The van der Waals surface area contributed by atoms with E-state index in [9.17, 15) is 14.4 Å². The maximum atomic E-state index is 12.8. The quantitative estimate of drug-likeness (QED) is 0.720. The first-order valence-corrected chi connectivity index (χ1v) is 10.2. The summed E-state index contributed by atoms with van der Waals surface area (Å²) >= 11 is 0. The Morgan fingerprint density at radius 3 is 2.50 bits per heavy atom. The SMILES string of the molecule is Cc1cc(=O)oc2ccc(OC(C)C(=O)N3CCN(CC(=O)NC(C)C)CC3)cc12. The Morgan fingerprint density at radius 2 is 1.83 bits per heavy atom. The van der Waals surface area contributed by atoms with Crippen molar-refractivity contribution < 1.29 is 18.7 Å². The zero-order chi connectivity index (χ0) is 21.8. The number of benzene rings is 1. The Bertz CT molecular complexity index is 976. The number of hydrogen-bond acceptors (Lipinski definition) is 6. The van der Waals surface area contributed by atoms with Crippen molar-refractivity contribution in [1.29, 1.82) is 0 Å². The van der Waals surface area contributed by atoms with Crippen LogP contribution in [0.25, 0.3) is 11.0 Å². The molecule has 0 saturated carbocycles. The van der Waals surface area contributed by atoms with Gasteiger partial charge in [-0.1, -0.05) is 0 Å². The molecule has 1 aliphatic rings. The second-order valence-electron chi connectivity index (χ2n) is 7.99. The molecule has 2 aromatic rings. The van der Waals surface area contributed by atoms with Gasteiger partial charge in [0.2, 0.25) is 5.91 Å². The fraction of sp³-hybridized carbons (Fsp3) is 0.500. The Hall–Kier alpha value is -2.87. The monoisotopic (exact) mass is 415 g/mol. The van der Waals surface area contributed by atoms with Gasteiger partial charge in [-0.25, -0.2) is 4.79 Å². The van der Waals surface area contributed by atoms with Crippen LogP contribution >= 0.6 is 0 Å². The van der Waals surface area contributed by atoms with Crippen molar-refractivity contribution in [2.45, 2.75) is 39.8 Å². The highest BCUT2D eigenvalue weighted by Gasteiger charge is 2.27. The largest absolute Gasteiger partial charge is 0.481 e. The number of hydrogen-bond donors (Lipinski definition) is 1. The van der Waals surface area contributed by atoms with E-state index in [1.807, 2.05) is 25.7 Å². The molecule has 162 valence electrons. The van der Waals surface area contributed by atoms with E-state index >= 15 is 0 Å². The van der Waals surface area contributed by atoms with E-state index in [1.165, 1.54) is 6.07 Å². The third kappa shape index (κ3) is 5.38. The standard InChI is InChI=1S/C22H29N3O5/c1-14(2)23-20(26)13-24-7-9-25(10-8-24)22(28)16(4)29-17-5-6-19-18(12-17)15(3)11-21(27)30-19/h5-6,11-12,14,16H,7-10,13H2,1-4H3,(H,23,26). The molecule has 30 heavy (non-hydrogen) atoms. The van der Waals surface area contributed by atoms with Gasteiger partial charge in [-0.05, 0) is 51.5 Å². The number of rotatable bonds is 6. The molecule has 1 unspecified atom stereocenters. The minimum Gasteiger partial charge on any atom is -0.481 e. The molecular formula is C22H29N3O5. The van der Waals surface area contributed by atoms with E-state index in [-0.39, 0.29) is 17.9 Å². The maximum Gasteiger partial charge on any atom is 0.336 e. The lowest BCUT2D eigenvalue weighted by Crippen LogP contribution is -2.53. The summed E-state index contributed by atoms with van der Waals surface area (Å²) in [5.41, 5.74) is 0.894. The van der Waals surface area contributed by atoms with Crippen LogP contribution < -0.4 is 15.7 Å². The molecule has 1 N–H and O–H groups in total. The van der Waals surface area contributed by atoms with Gasteiger partial charge in [0.25, 0.3) is 5.91 Å². The van der Waals surface area contributed by atoms with Crippen molar-refractivity contribution in [3.05, 3.63) is 40.2 Å². The summed E-state index contributed by atoms with van der Waals surface area (Å²) in [4.78, 5) is 40.0. The highest BCUT2D eigenvalue weighted by molar-refractivity contribution is 5.83. The third-order valence-corrected chi connectivity index (χ3v) is 5.08. The predicted molar refractivity (Wildman–Crippen MR) is 114 cm³/mol. The minimum atomic E-state index is -0.644. The summed E-state index contributed by atoms with van der Waals surface area (Å²) in [6, 6.07) is 6.70. The van der Waals surface area contributed by atoms with E-state index in [1.54, 1.807) is 30.0 Å². The predicted octanol–water partition coefficient (Wildman–Crippen LogP) is 1.54. The van der Waals surface area contributed by atoms with Crippen LogP contribution in [-0.4, -0.2) is 66.5 Å². The summed E-state index contributed by atoms with van der Waals surface area (Å²) in [5.74, 6) is 0.464. The lowest BCUT2D eigenvalue weighted by molar-refractivity contribution is -0.139. The average molecular weight is 415 g/mol. The second-order valence-corrected chi connectivity index (χ2v) is 7.99. The number of carbonyl (C=O) groups excluding carboxylic acids is 2. The van der Waals surface area contributed by atoms with Crippen LogP contribution in [-0.2, 0) is 9.59 Å². The van der Waals surface area contributed by atoms with Crippen molar-refractivity contribution in [3.63, 3.8) is 0 Å². The summed E-state index contributed by atoms with van der Waals surface area (Å²) in [6.45, 7) is 10.2. The molecule has 1 aromatic heterocycles. The van der Waals surface area contributed by atoms with Gasteiger partial charge in [0.05, 0.1) is 6.54 Å². The minimum absolute atomic E-state index is 0.00362. The van der Waals surface area contributed by atoms with Gasteiger partial charge >= 0.3 is 5.63 Å². The summed E-state index contributed by atoms with van der Waals surface area (Å²) < 4.78 is 11.1. The van der Waals surface area contributed by atoms with Gasteiger partial charge in [-0.2, -0.15) is 0 Å². The lowest BCUT2D eigenvalue weighted by Gasteiger charge is -2.35. The molecule has 1 atom stereocenters. The molecule has 3 rings (SSSR count). The molecule has 8 nitrogen and oxygen atoms in total. The third-order valence-electron chi connectivity index (χ3n) is 5.08. The highest BCUT2D eigenvalue weighted by Crippen LogP contribution is 2.23. The molecule has 2 amide bonds. The number of carbonyl (C=O) groups is 2. The molecule has 8 heteroatoms. The van der Waals surface area contributed by atoms with Crippen molar-refractivity contribution in [1.82, 2.24) is 15.1 Å². The van der Waals surface area contributed by atoms with Gasteiger partial charge in [-0.15, -0.1) is 0 Å². The first-order chi connectivity index (χ1) is 14.2. The Morgan fingerprint density at radius 1 is 1.13 bits per heavy atom. The van der Waals surface area contributed by atoms with Crippen LogP contribution in [0.2, 0.25) is 0 Å².